The van der Waals surface area contributed by atoms with Crippen molar-refractivity contribution >= 4 is 40.0 Å². The Bertz CT molecular complexity index is 1240. The molecule has 0 unspecified atom stereocenters. The zero-order valence-electron chi connectivity index (χ0n) is 19.2. The minimum atomic E-state index is -0.276. The molecule has 3 aromatic heterocycles. The number of carbonyl (C=O) groups excluding carboxylic acids is 1. The lowest BCUT2D eigenvalue weighted by atomic mass is 9.96. The predicted molar refractivity (Wildman–Crippen MR) is 136 cm³/mol. The summed E-state index contributed by atoms with van der Waals surface area (Å²) in [7, 11) is 0. The molecule has 0 fully saturated rings. The van der Waals surface area contributed by atoms with Crippen LogP contribution in [0.3, 0.4) is 0 Å². The average Bonchev–Trinajstić information content (AvgIpc) is 3.41. The molecule has 4 aromatic rings. The van der Waals surface area contributed by atoms with E-state index in [-0.39, 0.29) is 17.7 Å². The Labute approximate surface area is 201 Å². The molecule has 2 N–H and O–H groups in total. The topological polar surface area (TPSA) is 80.0 Å². The molecule has 3 heterocycles. The Hall–Kier alpha value is -3.10. The van der Waals surface area contributed by atoms with Gasteiger partial charge < -0.3 is 15.1 Å². The van der Waals surface area contributed by atoms with Gasteiger partial charge in [-0.15, -0.1) is 23.1 Å². The van der Waals surface area contributed by atoms with E-state index in [1.165, 1.54) is 11.2 Å². The van der Waals surface area contributed by atoms with Crippen LogP contribution < -0.4 is 10.6 Å². The average molecular weight is 479 g/mol. The summed E-state index contributed by atoms with van der Waals surface area (Å²) >= 11 is 3.26. The molecule has 0 aliphatic rings. The van der Waals surface area contributed by atoms with Crippen molar-refractivity contribution in [1.82, 2.24) is 9.97 Å². The molecule has 0 bridgehead atoms. The van der Waals surface area contributed by atoms with Gasteiger partial charge in [-0.1, -0.05) is 12.1 Å². The van der Waals surface area contributed by atoms with Crippen LogP contribution in [0.25, 0.3) is 0 Å². The maximum absolute atomic E-state index is 12.8. The van der Waals surface area contributed by atoms with E-state index in [1.54, 1.807) is 35.2 Å². The van der Waals surface area contributed by atoms with Crippen molar-refractivity contribution in [2.45, 2.75) is 38.6 Å². The molecule has 1 aromatic carbocycles. The van der Waals surface area contributed by atoms with Gasteiger partial charge in [-0.05, 0) is 75.4 Å². The van der Waals surface area contributed by atoms with Gasteiger partial charge in [0.05, 0.1) is 12.3 Å². The van der Waals surface area contributed by atoms with Crippen molar-refractivity contribution in [2.75, 3.05) is 16.9 Å². The summed E-state index contributed by atoms with van der Waals surface area (Å²) in [6.45, 7) is 8.05. The smallest absolute Gasteiger partial charge is 0.291 e. The number of nitrogens with one attached hydrogen (secondary N) is 2. The number of amides is 1. The summed E-state index contributed by atoms with van der Waals surface area (Å²) in [6.07, 6.45) is 3.55. The number of carbonyl (C=O) groups is 1. The third-order valence-electron chi connectivity index (χ3n) is 5.40. The van der Waals surface area contributed by atoms with Gasteiger partial charge in [0.25, 0.3) is 5.91 Å². The van der Waals surface area contributed by atoms with Crippen LogP contribution in [-0.2, 0) is 0 Å². The van der Waals surface area contributed by atoms with E-state index in [1.807, 2.05) is 19.9 Å². The van der Waals surface area contributed by atoms with Gasteiger partial charge in [0.1, 0.15) is 5.00 Å². The van der Waals surface area contributed by atoms with E-state index in [2.05, 4.69) is 65.0 Å². The highest BCUT2D eigenvalue weighted by Gasteiger charge is 2.26. The van der Waals surface area contributed by atoms with Crippen molar-refractivity contribution in [1.29, 1.82) is 0 Å². The quantitative estimate of drug-likeness (QED) is 0.294. The molecule has 1 atom stereocenters. The Morgan fingerprint density at radius 3 is 2.36 bits per heavy atom. The van der Waals surface area contributed by atoms with Crippen LogP contribution in [0.4, 0.5) is 10.9 Å². The summed E-state index contributed by atoms with van der Waals surface area (Å²) in [5, 5.41) is 7.37. The maximum Gasteiger partial charge on any atom is 0.291 e. The first-order valence-electron chi connectivity index (χ1n) is 10.5. The van der Waals surface area contributed by atoms with Gasteiger partial charge in [0.2, 0.25) is 5.95 Å². The van der Waals surface area contributed by atoms with E-state index in [0.717, 1.165) is 38.0 Å². The molecule has 0 aliphatic carbocycles. The number of hydrogen-bond donors (Lipinski definition) is 2. The van der Waals surface area contributed by atoms with Crippen molar-refractivity contribution in [3.05, 3.63) is 87.4 Å². The SMILES string of the molecule is CSc1ccc([C@@H](Nc2nc(C)cc(C)n2)c2c(NC(=O)c3ccco3)sc(C)c2C)cc1. The van der Waals surface area contributed by atoms with Crippen LogP contribution in [-0.4, -0.2) is 22.1 Å². The Kier molecular flexibility index (Phi) is 6.85. The fourth-order valence-corrected chi connectivity index (χ4v) is 5.20. The van der Waals surface area contributed by atoms with Gasteiger partial charge in [0, 0.05) is 26.7 Å². The second kappa shape index (κ2) is 9.80. The molecule has 0 aliphatic heterocycles. The number of furan rings is 1. The number of nitrogens with zero attached hydrogens (tertiary/aromatic N) is 2. The van der Waals surface area contributed by atoms with Crippen LogP contribution in [0.5, 0.6) is 0 Å². The first kappa shape index (κ1) is 23.1. The lowest BCUT2D eigenvalue weighted by Crippen LogP contribution is -2.18. The molecule has 0 radical (unpaired) electrons. The van der Waals surface area contributed by atoms with Gasteiger partial charge in [-0.3, -0.25) is 4.79 Å². The van der Waals surface area contributed by atoms with E-state index in [0.29, 0.717) is 5.95 Å². The second-order valence-electron chi connectivity index (χ2n) is 7.78. The zero-order valence-corrected chi connectivity index (χ0v) is 20.9. The van der Waals surface area contributed by atoms with Crippen molar-refractivity contribution in [2.24, 2.45) is 0 Å². The minimum Gasteiger partial charge on any atom is -0.459 e. The van der Waals surface area contributed by atoms with Crippen LogP contribution in [0, 0.1) is 27.7 Å². The van der Waals surface area contributed by atoms with Crippen molar-refractivity contribution in [3.8, 4) is 0 Å². The molecular formula is C25H26N4O2S2. The van der Waals surface area contributed by atoms with Crippen LogP contribution in [0.15, 0.2) is 58.0 Å². The lowest BCUT2D eigenvalue weighted by molar-refractivity contribution is 0.0997. The number of hydrogen-bond acceptors (Lipinski definition) is 7. The molecule has 0 saturated carbocycles. The third-order valence-corrected chi connectivity index (χ3v) is 7.28. The molecule has 6 nitrogen and oxygen atoms in total. The number of thiophene rings is 1. The van der Waals surface area contributed by atoms with Crippen LogP contribution >= 0.6 is 23.1 Å². The van der Waals surface area contributed by atoms with E-state index in [9.17, 15) is 4.79 Å². The zero-order chi connectivity index (χ0) is 23.5. The number of aryl methyl sites for hydroxylation is 3. The maximum atomic E-state index is 12.8. The molecule has 0 saturated heterocycles. The van der Waals surface area contributed by atoms with Gasteiger partial charge in [-0.2, -0.15) is 0 Å². The van der Waals surface area contributed by atoms with Crippen LogP contribution in [0.1, 0.15) is 49.6 Å². The lowest BCUT2D eigenvalue weighted by Gasteiger charge is -2.22. The highest BCUT2D eigenvalue weighted by molar-refractivity contribution is 7.98. The monoisotopic (exact) mass is 478 g/mol. The minimum absolute atomic E-state index is 0.251. The molecule has 4 rings (SSSR count). The molecule has 0 spiro atoms. The number of anilines is 2. The van der Waals surface area contributed by atoms with Gasteiger partial charge in [-0.25, -0.2) is 9.97 Å². The van der Waals surface area contributed by atoms with Crippen LogP contribution in [0.2, 0.25) is 0 Å². The summed E-state index contributed by atoms with van der Waals surface area (Å²) in [5.41, 5.74) is 4.96. The molecular weight excluding hydrogens is 452 g/mol. The second-order valence-corrected chi connectivity index (χ2v) is 9.89. The van der Waals surface area contributed by atoms with E-state index < -0.39 is 0 Å². The van der Waals surface area contributed by atoms with E-state index in [4.69, 9.17) is 4.42 Å². The number of thioether (sulfide) groups is 1. The molecule has 1 amide bonds. The number of benzene rings is 1. The standard InChI is InChI=1S/C25H26N4O2S2/c1-14-13-15(2)27-25(26-14)28-22(18-8-10-19(32-5)11-9-18)21-16(3)17(4)33-24(21)29-23(30)20-7-6-12-31-20/h6-13,22H,1-5H3,(H,29,30)(H,26,27,28)/t22-/m1/s1. The number of rotatable bonds is 7. The first-order chi connectivity index (χ1) is 15.9. The van der Waals surface area contributed by atoms with Crippen molar-refractivity contribution in [3.63, 3.8) is 0 Å². The first-order valence-corrected chi connectivity index (χ1v) is 12.6. The highest BCUT2D eigenvalue weighted by atomic mass is 32.2. The Morgan fingerprint density at radius 1 is 1.06 bits per heavy atom. The summed E-state index contributed by atoms with van der Waals surface area (Å²) in [6, 6.07) is 13.5. The van der Waals surface area contributed by atoms with Gasteiger partial charge in [0.15, 0.2) is 5.76 Å². The highest BCUT2D eigenvalue weighted by Crippen LogP contribution is 2.41. The third kappa shape index (κ3) is 5.12. The Balaban J connectivity index is 1.79. The largest absolute Gasteiger partial charge is 0.459 e. The van der Waals surface area contributed by atoms with E-state index >= 15 is 0 Å². The normalized spacial score (nSPS) is 11.9. The molecule has 8 heteroatoms. The summed E-state index contributed by atoms with van der Waals surface area (Å²) in [4.78, 5) is 24.3. The molecule has 33 heavy (non-hydrogen) atoms. The number of aromatic nitrogens is 2. The van der Waals surface area contributed by atoms with Gasteiger partial charge >= 0.3 is 0 Å². The Morgan fingerprint density at radius 2 is 1.76 bits per heavy atom. The fraction of sp³-hybridized carbons (Fsp3) is 0.240. The van der Waals surface area contributed by atoms with Crippen molar-refractivity contribution < 1.29 is 9.21 Å². The predicted octanol–water partition coefficient (Wildman–Crippen LogP) is 6.54. The molecule has 170 valence electrons. The fourth-order valence-electron chi connectivity index (χ4n) is 3.70. The summed E-state index contributed by atoms with van der Waals surface area (Å²) in [5.74, 6) is 0.552. The summed E-state index contributed by atoms with van der Waals surface area (Å²) < 4.78 is 5.29.